The van der Waals surface area contributed by atoms with Gasteiger partial charge in [0, 0.05) is 12.1 Å². The number of nitrogens with one attached hydrogen (secondary N) is 1. The number of methoxy groups -OCH3 is 1. The highest BCUT2D eigenvalue weighted by atomic mass is 35.5. The van der Waals surface area contributed by atoms with Gasteiger partial charge < -0.3 is 14.8 Å². The molecule has 2 aliphatic rings. The number of alkyl halides is 1. The Morgan fingerprint density at radius 1 is 1.00 bits per heavy atom. The molecule has 0 spiro atoms. The van der Waals surface area contributed by atoms with Gasteiger partial charge in [0.15, 0.2) is 0 Å². The Morgan fingerprint density at radius 3 is 2.19 bits per heavy atom. The molecule has 226 valence electrons. The molecule has 0 saturated carbocycles. The maximum atomic E-state index is 16.3. The van der Waals surface area contributed by atoms with Gasteiger partial charge >= 0.3 is 12.2 Å². The van der Waals surface area contributed by atoms with Crippen LogP contribution in [0, 0.1) is 5.82 Å². The number of carbonyl (C=O) groups is 3. The molecule has 3 aromatic rings. The lowest BCUT2D eigenvalue weighted by molar-refractivity contribution is -0.127. The van der Waals surface area contributed by atoms with E-state index >= 15 is 4.39 Å². The summed E-state index contributed by atoms with van der Waals surface area (Å²) in [6.45, 7) is 4.13. The zero-order chi connectivity index (χ0) is 31.1. The average Bonchev–Trinajstić information content (AvgIpc) is 3.48. The van der Waals surface area contributed by atoms with E-state index in [4.69, 9.17) is 21.1 Å². The van der Waals surface area contributed by atoms with Crippen LogP contribution in [-0.2, 0) is 20.8 Å². The second-order valence-corrected chi connectivity index (χ2v) is 11.9. The van der Waals surface area contributed by atoms with Crippen LogP contribution in [0.5, 0.6) is 0 Å². The number of nitrogens with zero attached hydrogens (tertiary/aromatic N) is 2. The Labute approximate surface area is 253 Å². The summed E-state index contributed by atoms with van der Waals surface area (Å²) in [5.41, 5.74) is 2.30. The van der Waals surface area contributed by atoms with Crippen LogP contribution in [0.3, 0.4) is 0 Å². The quantitative estimate of drug-likeness (QED) is 0.368. The van der Waals surface area contributed by atoms with Crippen molar-refractivity contribution in [2.24, 2.45) is 0 Å². The van der Waals surface area contributed by atoms with Crippen molar-refractivity contribution < 1.29 is 32.6 Å². The molecule has 3 atom stereocenters. The first-order chi connectivity index (χ1) is 20.4. The van der Waals surface area contributed by atoms with E-state index in [1.165, 1.54) is 30.2 Å². The third kappa shape index (κ3) is 5.76. The number of carbonyl (C=O) groups excluding carboxylic acids is 3. The van der Waals surface area contributed by atoms with Crippen LogP contribution in [-0.4, -0.2) is 65.4 Å². The SMILES string of the molecule is COC(=O)N(C1c2ccccc2-c2ccccc21)[C@H]1[C@@H](C(=O)NCc2cccc(Cl)c2F)N(C(=O)OC(C)(C)C)C[C@@H]1F. The van der Waals surface area contributed by atoms with Gasteiger partial charge in [-0.15, -0.1) is 0 Å². The molecule has 1 saturated heterocycles. The minimum Gasteiger partial charge on any atom is -0.453 e. The topological polar surface area (TPSA) is 88.2 Å². The number of hydrogen-bond acceptors (Lipinski definition) is 5. The van der Waals surface area contributed by atoms with Crippen LogP contribution in [0.4, 0.5) is 18.4 Å². The molecule has 0 radical (unpaired) electrons. The van der Waals surface area contributed by atoms with Gasteiger partial charge in [-0.25, -0.2) is 18.4 Å². The molecular formula is C32H32ClF2N3O5. The monoisotopic (exact) mass is 611 g/mol. The fourth-order valence-electron chi connectivity index (χ4n) is 5.83. The highest BCUT2D eigenvalue weighted by Crippen LogP contribution is 2.48. The van der Waals surface area contributed by atoms with Gasteiger partial charge in [-0.05, 0) is 49.1 Å². The van der Waals surface area contributed by atoms with Gasteiger partial charge in [-0.3, -0.25) is 14.6 Å². The predicted molar refractivity (Wildman–Crippen MR) is 157 cm³/mol. The number of rotatable bonds is 5. The number of halogens is 3. The molecule has 1 aliphatic heterocycles. The molecule has 1 aliphatic carbocycles. The van der Waals surface area contributed by atoms with E-state index in [9.17, 15) is 18.8 Å². The van der Waals surface area contributed by atoms with Gasteiger partial charge in [0.2, 0.25) is 5.91 Å². The first kappa shape index (κ1) is 30.3. The smallest absolute Gasteiger partial charge is 0.411 e. The third-order valence-electron chi connectivity index (χ3n) is 7.57. The Bertz CT molecular complexity index is 1520. The Kier molecular flexibility index (Phi) is 8.34. The summed E-state index contributed by atoms with van der Waals surface area (Å²) in [5.74, 6) is -1.51. The van der Waals surface area contributed by atoms with Crippen molar-refractivity contribution in [3.8, 4) is 11.1 Å². The minimum absolute atomic E-state index is 0.0967. The lowest BCUT2D eigenvalue weighted by Gasteiger charge is -2.38. The first-order valence-electron chi connectivity index (χ1n) is 13.8. The molecule has 0 bridgehead atoms. The molecule has 1 N–H and O–H groups in total. The van der Waals surface area contributed by atoms with Crippen LogP contribution in [0.2, 0.25) is 5.02 Å². The highest BCUT2D eigenvalue weighted by molar-refractivity contribution is 6.30. The lowest BCUT2D eigenvalue weighted by atomic mass is 9.97. The maximum absolute atomic E-state index is 16.3. The van der Waals surface area contributed by atoms with E-state index in [0.717, 1.165) is 27.2 Å². The highest BCUT2D eigenvalue weighted by Gasteiger charge is 2.56. The van der Waals surface area contributed by atoms with Crippen molar-refractivity contribution in [1.29, 1.82) is 0 Å². The van der Waals surface area contributed by atoms with E-state index in [1.807, 2.05) is 48.5 Å². The zero-order valence-corrected chi connectivity index (χ0v) is 24.9. The predicted octanol–water partition coefficient (Wildman–Crippen LogP) is 6.26. The van der Waals surface area contributed by atoms with Gasteiger partial charge in [-0.1, -0.05) is 72.3 Å². The molecule has 11 heteroatoms. The Balaban J connectivity index is 1.59. The summed E-state index contributed by atoms with van der Waals surface area (Å²) in [4.78, 5) is 43.0. The first-order valence-corrected chi connectivity index (χ1v) is 14.2. The molecular weight excluding hydrogens is 580 g/mol. The molecule has 0 unspecified atom stereocenters. The number of fused-ring (bicyclic) bond motifs is 3. The fourth-order valence-corrected chi connectivity index (χ4v) is 6.02. The van der Waals surface area contributed by atoms with E-state index < -0.39 is 60.4 Å². The largest absolute Gasteiger partial charge is 0.453 e. The Morgan fingerprint density at radius 2 is 1.60 bits per heavy atom. The van der Waals surface area contributed by atoms with Crippen molar-refractivity contribution in [2.75, 3.05) is 13.7 Å². The zero-order valence-electron chi connectivity index (χ0n) is 24.1. The van der Waals surface area contributed by atoms with Crippen molar-refractivity contribution in [3.63, 3.8) is 0 Å². The van der Waals surface area contributed by atoms with Crippen molar-refractivity contribution in [3.05, 3.63) is 94.3 Å². The van der Waals surface area contributed by atoms with E-state index in [2.05, 4.69) is 5.32 Å². The molecule has 8 nitrogen and oxygen atoms in total. The van der Waals surface area contributed by atoms with Gasteiger partial charge in [-0.2, -0.15) is 0 Å². The molecule has 0 aromatic heterocycles. The second kappa shape index (κ2) is 11.8. The van der Waals surface area contributed by atoms with Crippen molar-refractivity contribution >= 4 is 29.7 Å². The average molecular weight is 612 g/mol. The number of likely N-dealkylation sites (tertiary alicyclic amines) is 1. The molecule has 43 heavy (non-hydrogen) atoms. The Hall–Kier alpha value is -4.18. The number of ether oxygens (including phenoxy) is 2. The summed E-state index contributed by atoms with van der Waals surface area (Å²) in [7, 11) is 1.17. The minimum atomic E-state index is -1.86. The molecule has 3 aromatic carbocycles. The van der Waals surface area contributed by atoms with Crippen molar-refractivity contribution in [1.82, 2.24) is 15.1 Å². The number of benzene rings is 3. The molecule has 3 amide bonds. The van der Waals surface area contributed by atoms with Crippen LogP contribution < -0.4 is 5.32 Å². The van der Waals surface area contributed by atoms with E-state index in [0.29, 0.717) is 0 Å². The number of hydrogen-bond donors (Lipinski definition) is 1. The lowest BCUT2D eigenvalue weighted by Crippen LogP contribution is -2.58. The molecule has 5 rings (SSSR count). The molecule has 1 fully saturated rings. The molecule has 1 heterocycles. The van der Waals surface area contributed by atoms with Gasteiger partial charge in [0.1, 0.15) is 23.6 Å². The normalized spacial score (nSPS) is 19.4. The van der Waals surface area contributed by atoms with Crippen LogP contribution in [0.15, 0.2) is 66.7 Å². The summed E-state index contributed by atoms with van der Waals surface area (Å²) >= 11 is 5.91. The number of amides is 3. The van der Waals surface area contributed by atoms with Crippen LogP contribution in [0.1, 0.15) is 43.5 Å². The van der Waals surface area contributed by atoms with Crippen molar-refractivity contribution in [2.45, 2.75) is 57.2 Å². The summed E-state index contributed by atoms with van der Waals surface area (Å²) < 4.78 is 41.6. The van der Waals surface area contributed by atoms with E-state index in [-0.39, 0.29) is 17.1 Å². The van der Waals surface area contributed by atoms with Crippen LogP contribution in [0.25, 0.3) is 11.1 Å². The van der Waals surface area contributed by atoms with E-state index in [1.54, 1.807) is 20.8 Å². The summed E-state index contributed by atoms with van der Waals surface area (Å²) in [5, 5.41) is 2.49. The maximum Gasteiger partial charge on any atom is 0.411 e. The third-order valence-corrected chi connectivity index (χ3v) is 7.86. The summed E-state index contributed by atoms with van der Waals surface area (Å²) in [6.07, 6.45) is -3.66. The second-order valence-electron chi connectivity index (χ2n) is 11.5. The van der Waals surface area contributed by atoms with Gasteiger partial charge in [0.05, 0.1) is 30.8 Å². The summed E-state index contributed by atoms with van der Waals surface area (Å²) in [6, 6.07) is 15.4. The van der Waals surface area contributed by atoms with Gasteiger partial charge in [0.25, 0.3) is 0 Å². The fraction of sp³-hybridized carbons (Fsp3) is 0.344. The standard InChI is InChI=1S/C32H32ClF2N3O5/c1-32(2,3)43-30(40)37-17-24(34)27(28(37)29(39)36-16-18-10-9-15-23(33)25(18)35)38(31(41)42-4)26-21-13-7-5-11-19(21)20-12-6-8-14-22(20)26/h5-15,24,26-28H,16-17H2,1-4H3,(H,36,39)/t24-,27+,28-/m0/s1. The van der Waals surface area contributed by atoms with Crippen LogP contribution >= 0.6 is 11.6 Å².